The first-order chi connectivity index (χ1) is 10.6. The summed E-state index contributed by atoms with van der Waals surface area (Å²) in [5.41, 5.74) is 2.73. The summed E-state index contributed by atoms with van der Waals surface area (Å²) >= 11 is 0. The quantitative estimate of drug-likeness (QED) is 0.432. The van der Waals surface area contributed by atoms with Gasteiger partial charge in [0.25, 0.3) is 11.8 Å². The highest BCUT2D eigenvalue weighted by molar-refractivity contribution is 6.11. The van der Waals surface area contributed by atoms with Crippen LogP contribution in [0.5, 0.6) is 0 Å². The van der Waals surface area contributed by atoms with E-state index in [-0.39, 0.29) is 11.1 Å². The number of halogens is 1. The molecular formula is C16H12FN3O2. The van der Waals surface area contributed by atoms with Gasteiger partial charge >= 0.3 is 0 Å². The Morgan fingerprint density at radius 2 is 1.68 bits per heavy atom. The molecule has 0 atom stereocenters. The van der Waals surface area contributed by atoms with Crippen molar-refractivity contribution in [3.8, 4) is 0 Å². The van der Waals surface area contributed by atoms with Crippen LogP contribution in [0, 0.1) is 5.82 Å². The predicted octanol–water partition coefficient (Wildman–Crippen LogP) is 2.07. The highest BCUT2D eigenvalue weighted by Crippen LogP contribution is 2.23. The number of nitrogens with zero attached hydrogens (tertiary/aromatic N) is 1. The number of nitrogens with two attached hydrogens (primary N) is 1. The van der Waals surface area contributed by atoms with Crippen LogP contribution in [-0.4, -0.2) is 16.4 Å². The van der Waals surface area contributed by atoms with Crippen molar-refractivity contribution < 1.29 is 14.0 Å². The first kappa shape index (κ1) is 14.0. The second kappa shape index (κ2) is 5.42. The van der Waals surface area contributed by atoms with E-state index >= 15 is 0 Å². The van der Waals surface area contributed by atoms with Gasteiger partial charge in [-0.3, -0.25) is 19.6 Å². The molecule has 1 aromatic heterocycles. The Bertz CT molecular complexity index is 886. The van der Waals surface area contributed by atoms with E-state index in [0.717, 1.165) is 0 Å². The number of hydrogen-bond donors (Lipinski definition) is 2. The molecule has 110 valence electrons. The van der Waals surface area contributed by atoms with E-state index < -0.39 is 17.6 Å². The SMILES string of the molecule is NNC(=O)c1cn(C(=O)c2ccccc2F)c2ccccc12. The molecule has 0 unspecified atom stereocenters. The number of nitrogens with one attached hydrogen (secondary N) is 1. The number of carbonyl (C=O) groups is 2. The number of hydrazine groups is 1. The maximum atomic E-state index is 13.8. The van der Waals surface area contributed by atoms with Gasteiger partial charge in [0.2, 0.25) is 0 Å². The van der Waals surface area contributed by atoms with Gasteiger partial charge in [0.1, 0.15) is 5.82 Å². The Morgan fingerprint density at radius 1 is 1.00 bits per heavy atom. The van der Waals surface area contributed by atoms with Crippen LogP contribution in [0.2, 0.25) is 0 Å². The van der Waals surface area contributed by atoms with Crippen molar-refractivity contribution in [2.75, 3.05) is 0 Å². The Kier molecular flexibility index (Phi) is 3.44. The van der Waals surface area contributed by atoms with Gasteiger partial charge < -0.3 is 0 Å². The third-order valence-electron chi connectivity index (χ3n) is 3.41. The zero-order chi connectivity index (χ0) is 15.7. The average molecular weight is 297 g/mol. The van der Waals surface area contributed by atoms with E-state index in [2.05, 4.69) is 0 Å². The lowest BCUT2D eigenvalue weighted by Crippen LogP contribution is -2.29. The van der Waals surface area contributed by atoms with Gasteiger partial charge in [-0.2, -0.15) is 0 Å². The number of nitrogen functional groups attached to an aromatic ring is 1. The molecule has 2 aromatic carbocycles. The summed E-state index contributed by atoms with van der Waals surface area (Å²) in [4.78, 5) is 24.4. The molecule has 0 aliphatic rings. The normalized spacial score (nSPS) is 10.6. The minimum Gasteiger partial charge on any atom is -0.290 e. The molecule has 0 spiro atoms. The molecule has 22 heavy (non-hydrogen) atoms. The minimum absolute atomic E-state index is 0.0667. The summed E-state index contributed by atoms with van der Waals surface area (Å²) in [6.45, 7) is 0. The van der Waals surface area contributed by atoms with Gasteiger partial charge in [-0.25, -0.2) is 10.2 Å². The molecule has 3 N–H and O–H groups in total. The van der Waals surface area contributed by atoms with E-state index in [9.17, 15) is 14.0 Å². The lowest BCUT2D eigenvalue weighted by atomic mass is 10.1. The first-order valence-electron chi connectivity index (χ1n) is 6.53. The van der Waals surface area contributed by atoms with Gasteiger partial charge in [-0.15, -0.1) is 0 Å². The fraction of sp³-hybridized carbons (Fsp3) is 0. The average Bonchev–Trinajstić information content (AvgIpc) is 2.94. The Balaban J connectivity index is 2.22. The predicted molar refractivity (Wildman–Crippen MR) is 79.7 cm³/mol. The molecule has 3 aromatic rings. The van der Waals surface area contributed by atoms with Crippen LogP contribution in [0.4, 0.5) is 4.39 Å². The van der Waals surface area contributed by atoms with E-state index in [4.69, 9.17) is 5.84 Å². The summed E-state index contributed by atoms with van der Waals surface area (Å²) in [6, 6.07) is 12.6. The molecule has 0 aliphatic heterocycles. The lowest BCUT2D eigenvalue weighted by molar-refractivity contribution is 0.0955. The molecule has 0 radical (unpaired) electrons. The second-order valence-corrected chi connectivity index (χ2v) is 4.69. The molecule has 0 saturated heterocycles. The minimum atomic E-state index is -0.616. The Morgan fingerprint density at radius 3 is 2.41 bits per heavy atom. The molecule has 1 amide bonds. The molecular weight excluding hydrogens is 285 g/mol. The Hall–Kier alpha value is -2.99. The van der Waals surface area contributed by atoms with Crippen LogP contribution in [0.1, 0.15) is 20.7 Å². The number of fused-ring (bicyclic) bond motifs is 1. The highest BCUT2D eigenvalue weighted by atomic mass is 19.1. The second-order valence-electron chi connectivity index (χ2n) is 4.69. The smallest absolute Gasteiger partial charge is 0.267 e. The van der Waals surface area contributed by atoms with Crippen molar-refractivity contribution >= 4 is 22.7 Å². The van der Waals surface area contributed by atoms with Crippen LogP contribution >= 0.6 is 0 Å². The molecule has 0 fully saturated rings. The van der Waals surface area contributed by atoms with Crippen molar-refractivity contribution in [2.24, 2.45) is 5.84 Å². The van der Waals surface area contributed by atoms with Crippen molar-refractivity contribution in [3.63, 3.8) is 0 Å². The molecule has 6 heteroatoms. The monoisotopic (exact) mass is 297 g/mol. The van der Waals surface area contributed by atoms with E-state index in [1.165, 1.54) is 29.0 Å². The standard InChI is InChI=1S/C16H12FN3O2/c17-13-7-3-1-6-11(13)16(22)20-9-12(15(21)19-18)10-5-2-4-8-14(10)20/h1-9H,18H2,(H,19,21). The molecule has 3 rings (SSSR count). The zero-order valence-corrected chi connectivity index (χ0v) is 11.4. The molecule has 5 nitrogen and oxygen atoms in total. The van der Waals surface area contributed by atoms with Crippen molar-refractivity contribution in [2.45, 2.75) is 0 Å². The molecule has 0 saturated carbocycles. The topological polar surface area (TPSA) is 77.1 Å². The largest absolute Gasteiger partial charge is 0.290 e. The fourth-order valence-electron chi connectivity index (χ4n) is 2.37. The number of aromatic nitrogens is 1. The van der Waals surface area contributed by atoms with E-state index in [1.807, 2.05) is 5.43 Å². The number of amides is 1. The van der Waals surface area contributed by atoms with Crippen LogP contribution in [-0.2, 0) is 0 Å². The summed E-state index contributed by atoms with van der Waals surface area (Å²) in [5.74, 6) is 3.48. The fourth-order valence-corrected chi connectivity index (χ4v) is 2.37. The third-order valence-corrected chi connectivity index (χ3v) is 3.41. The van der Waals surface area contributed by atoms with Gasteiger partial charge in [-0.05, 0) is 18.2 Å². The number of benzene rings is 2. The highest BCUT2D eigenvalue weighted by Gasteiger charge is 2.20. The van der Waals surface area contributed by atoms with Crippen LogP contribution in [0.25, 0.3) is 10.9 Å². The van der Waals surface area contributed by atoms with Crippen LogP contribution in [0.3, 0.4) is 0 Å². The van der Waals surface area contributed by atoms with Crippen molar-refractivity contribution in [3.05, 3.63) is 71.7 Å². The van der Waals surface area contributed by atoms with Crippen molar-refractivity contribution in [1.82, 2.24) is 9.99 Å². The lowest BCUT2D eigenvalue weighted by Gasteiger charge is -2.04. The maximum absolute atomic E-state index is 13.8. The third kappa shape index (κ3) is 2.15. The van der Waals surface area contributed by atoms with E-state index in [0.29, 0.717) is 10.9 Å². The van der Waals surface area contributed by atoms with Crippen LogP contribution < -0.4 is 11.3 Å². The van der Waals surface area contributed by atoms with Crippen molar-refractivity contribution in [1.29, 1.82) is 0 Å². The summed E-state index contributed by atoms with van der Waals surface area (Å²) in [5, 5.41) is 0.565. The molecule has 0 bridgehead atoms. The number of rotatable bonds is 2. The zero-order valence-electron chi connectivity index (χ0n) is 11.4. The summed E-state index contributed by atoms with van der Waals surface area (Å²) < 4.78 is 15.1. The van der Waals surface area contributed by atoms with Gasteiger partial charge in [-0.1, -0.05) is 30.3 Å². The van der Waals surface area contributed by atoms with Gasteiger partial charge in [0.05, 0.1) is 16.6 Å². The van der Waals surface area contributed by atoms with Crippen LogP contribution in [0.15, 0.2) is 54.7 Å². The van der Waals surface area contributed by atoms with E-state index in [1.54, 1.807) is 30.3 Å². The number of hydrogen-bond acceptors (Lipinski definition) is 3. The number of para-hydroxylation sites is 1. The Labute approximate surface area is 125 Å². The summed E-state index contributed by atoms with van der Waals surface area (Å²) in [6.07, 6.45) is 1.36. The molecule has 1 heterocycles. The molecule has 0 aliphatic carbocycles. The first-order valence-corrected chi connectivity index (χ1v) is 6.53. The van der Waals surface area contributed by atoms with Gasteiger partial charge in [0.15, 0.2) is 0 Å². The number of carbonyl (C=O) groups excluding carboxylic acids is 2. The van der Waals surface area contributed by atoms with Gasteiger partial charge in [0, 0.05) is 11.6 Å². The summed E-state index contributed by atoms with van der Waals surface area (Å²) in [7, 11) is 0. The maximum Gasteiger partial charge on any atom is 0.267 e.